The molecule has 0 aliphatic heterocycles. The van der Waals surface area contributed by atoms with E-state index in [1.165, 1.54) is 24.3 Å². The van der Waals surface area contributed by atoms with Crippen LogP contribution in [0.4, 0.5) is 4.39 Å². The minimum atomic E-state index is -4.14. The zero-order valence-corrected chi connectivity index (χ0v) is 14.2. The molecule has 0 spiro atoms. The van der Waals surface area contributed by atoms with Crippen LogP contribution in [0, 0.1) is 5.82 Å². The number of aromatic amines is 1. The summed E-state index contributed by atoms with van der Waals surface area (Å²) in [5.74, 6) is -0.522. The molecule has 0 aliphatic carbocycles. The van der Waals surface area contributed by atoms with Gasteiger partial charge in [0.05, 0.1) is 5.52 Å². The molecule has 4 rings (SSSR count). The van der Waals surface area contributed by atoms with E-state index in [0.717, 1.165) is 22.5 Å². The topological polar surface area (TPSA) is 72.1 Å². The van der Waals surface area contributed by atoms with Crippen molar-refractivity contribution >= 4 is 21.0 Å². The first kappa shape index (κ1) is 16.3. The number of hydrogen-bond donors (Lipinski definition) is 1. The maximum absolute atomic E-state index is 13.3. The smallest absolute Gasteiger partial charge is 0.339 e. The number of H-pyrrole nitrogens is 1. The third kappa shape index (κ3) is 3.04. The predicted octanol–water partition coefficient (Wildman–Crippen LogP) is 4.14. The zero-order valence-electron chi connectivity index (χ0n) is 13.4. The van der Waals surface area contributed by atoms with Crippen LogP contribution in [-0.2, 0) is 10.1 Å². The Morgan fingerprint density at radius 1 is 0.923 bits per heavy atom. The minimum Gasteiger partial charge on any atom is -0.379 e. The van der Waals surface area contributed by atoms with Crippen molar-refractivity contribution in [1.82, 2.24) is 10.2 Å². The van der Waals surface area contributed by atoms with Crippen molar-refractivity contribution in [3.05, 3.63) is 78.6 Å². The number of nitrogens with zero attached hydrogens (tertiary/aromatic N) is 1. The number of rotatable bonds is 4. The summed E-state index contributed by atoms with van der Waals surface area (Å²) in [5, 5.41) is 7.93. The predicted molar refractivity (Wildman–Crippen MR) is 95.7 cm³/mol. The Morgan fingerprint density at radius 3 is 2.50 bits per heavy atom. The van der Waals surface area contributed by atoms with Crippen LogP contribution in [0.2, 0.25) is 0 Å². The first-order valence-electron chi connectivity index (χ1n) is 7.76. The van der Waals surface area contributed by atoms with Gasteiger partial charge < -0.3 is 4.18 Å². The molecule has 1 heterocycles. The van der Waals surface area contributed by atoms with Gasteiger partial charge >= 0.3 is 10.1 Å². The zero-order chi connectivity index (χ0) is 18.1. The van der Waals surface area contributed by atoms with Gasteiger partial charge in [-0.25, -0.2) is 4.39 Å². The van der Waals surface area contributed by atoms with Gasteiger partial charge in [0, 0.05) is 10.9 Å². The van der Waals surface area contributed by atoms with Crippen molar-refractivity contribution in [2.24, 2.45) is 0 Å². The van der Waals surface area contributed by atoms with Crippen LogP contribution in [0.5, 0.6) is 5.75 Å². The van der Waals surface area contributed by atoms with Crippen molar-refractivity contribution < 1.29 is 17.0 Å². The van der Waals surface area contributed by atoms with Gasteiger partial charge in [0.25, 0.3) is 0 Å². The van der Waals surface area contributed by atoms with E-state index >= 15 is 0 Å². The number of fused-ring (bicyclic) bond motifs is 1. The average molecular weight is 368 g/mol. The quantitative estimate of drug-likeness (QED) is 0.550. The van der Waals surface area contributed by atoms with Gasteiger partial charge in [-0.2, -0.15) is 13.5 Å². The van der Waals surface area contributed by atoms with E-state index in [4.69, 9.17) is 4.18 Å². The summed E-state index contributed by atoms with van der Waals surface area (Å²) in [7, 11) is -4.14. The third-order valence-corrected chi connectivity index (χ3v) is 5.12. The second-order valence-electron chi connectivity index (χ2n) is 5.64. The summed E-state index contributed by atoms with van der Waals surface area (Å²) in [5.41, 5.74) is 2.33. The number of benzene rings is 3. The molecule has 0 amide bonds. The van der Waals surface area contributed by atoms with Crippen LogP contribution in [0.15, 0.2) is 77.7 Å². The van der Waals surface area contributed by atoms with E-state index in [1.807, 2.05) is 30.3 Å². The number of aromatic nitrogens is 2. The van der Waals surface area contributed by atoms with Crippen LogP contribution in [-0.4, -0.2) is 18.6 Å². The molecule has 0 bridgehead atoms. The van der Waals surface area contributed by atoms with Crippen molar-refractivity contribution in [2.75, 3.05) is 0 Å². The molecule has 3 aromatic carbocycles. The van der Waals surface area contributed by atoms with Crippen LogP contribution in [0.25, 0.3) is 22.2 Å². The molecule has 26 heavy (non-hydrogen) atoms. The molecule has 0 radical (unpaired) electrons. The van der Waals surface area contributed by atoms with Crippen molar-refractivity contribution in [1.29, 1.82) is 0 Å². The fraction of sp³-hybridized carbons (Fsp3) is 0. The highest BCUT2D eigenvalue weighted by atomic mass is 32.2. The van der Waals surface area contributed by atoms with Gasteiger partial charge in [-0.15, -0.1) is 0 Å². The second kappa shape index (κ2) is 6.27. The van der Waals surface area contributed by atoms with Crippen molar-refractivity contribution in [3.63, 3.8) is 0 Å². The number of nitrogens with one attached hydrogen (secondary N) is 1. The standard InChI is InChI=1S/C19H13FN2O3S/c20-14-7-4-8-16(11-14)26(23,24)25-15-9-10-18-17(12-15)19(22-21-18)13-5-2-1-3-6-13/h1-12H,(H,21,22). The Kier molecular flexibility index (Phi) is 3.93. The Morgan fingerprint density at radius 2 is 1.73 bits per heavy atom. The summed E-state index contributed by atoms with van der Waals surface area (Å²) in [6.07, 6.45) is 0. The molecule has 7 heteroatoms. The lowest BCUT2D eigenvalue weighted by Crippen LogP contribution is -2.09. The van der Waals surface area contributed by atoms with Gasteiger partial charge in [-0.05, 0) is 36.4 Å². The molecule has 5 nitrogen and oxygen atoms in total. The lowest BCUT2D eigenvalue weighted by atomic mass is 10.1. The average Bonchev–Trinajstić information content (AvgIpc) is 3.05. The maximum Gasteiger partial charge on any atom is 0.339 e. The highest BCUT2D eigenvalue weighted by Gasteiger charge is 2.18. The molecule has 1 N–H and O–H groups in total. The van der Waals surface area contributed by atoms with Gasteiger partial charge in [-0.1, -0.05) is 36.4 Å². The van der Waals surface area contributed by atoms with E-state index in [2.05, 4.69) is 10.2 Å². The summed E-state index contributed by atoms with van der Waals surface area (Å²) in [6.45, 7) is 0. The SMILES string of the molecule is O=S(=O)(Oc1ccc2[nH]nc(-c3ccccc3)c2c1)c1cccc(F)c1. The van der Waals surface area contributed by atoms with Crippen LogP contribution in [0.1, 0.15) is 0 Å². The monoisotopic (exact) mass is 368 g/mol. The summed E-state index contributed by atoms with van der Waals surface area (Å²) < 4.78 is 43.2. The third-order valence-electron chi connectivity index (χ3n) is 3.87. The second-order valence-corrected chi connectivity index (χ2v) is 7.19. The number of hydrogen-bond acceptors (Lipinski definition) is 4. The summed E-state index contributed by atoms with van der Waals surface area (Å²) in [4.78, 5) is -0.243. The first-order valence-corrected chi connectivity index (χ1v) is 9.17. The number of halogens is 1. The van der Waals surface area contributed by atoms with Gasteiger partial charge in [0.1, 0.15) is 22.2 Å². The largest absolute Gasteiger partial charge is 0.379 e. The molecular formula is C19H13FN2O3S. The fourth-order valence-electron chi connectivity index (χ4n) is 2.66. The molecule has 4 aromatic rings. The lowest BCUT2D eigenvalue weighted by Gasteiger charge is -2.07. The Bertz CT molecular complexity index is 1190. The molecule has 0 atom stereocenters. The normalized spacial score (nSPS) is 11.6. The van der Waals surface area contributed by atoms with Crippen LogP contribution >= 0.6 is 0 Å². The van der Waals surface area contributed by atoms with E-state index < -0.39 is 15.9 Å². The maximum atomic E-state index is 13.3. The molecule has 0 saturated carbocycles. The van der Waals surface area contributed by atoms with Crippen molar-refractivity contribution in [3.8, 4) is 17.0 Å². The van der Waals surface area contributed by atoms with Gasteiger partial charge in [-0.3, -0.25) is 5.10 Å². The van der Waals surface area contributed by atoms with Gasteiger partial charge in [0.15, 0.2) is 0 Å². The summed E-state index contributed by atoms with van der Waals surface area (Å²) in [6, 6.07) is 19.0. The molecule has 0 fully saturated rings. The minimum absolute atomic E-state index is 0.125. The van der Waals surface area contributed by atoms with E-state index in [0.29, 0.717) is 5.69 Å². The molecule has 1 aromatic heterocycles. The highest BCUT2D eigenvalue weighted by molar-refractivity contribution is 7.87. The van der Waals surface area contributed by atoms with E-state index in [1.54, 1.807) is 12.1 Å². The summed E-state index contributed by atoms with van der Waals surface area (Å²) >= 11 is 0. The molecule has 0 unspecified atom stereocenters. The first-order chi connectivity index (χ1) is 12.5. The Hall–Kier alpha value is -3.19. The lowest BCUT2D eigenvalue weighted by molar-refractivity contribution is 0.485. The van der Waals surface area contributed by atoms with Crippen LogP contribution < -0.4 is 4.18 Å². The fourth-order valence-corrected chi connectivity index (χ4v) is 3.61. The molecule has 0 saturated heterocycles. The Balaban J connectivity index is 1.74. The molecule has 130 valence electrons. The highest BCUT2D eigenvalue weighted by Crippen LogP contribution is 2.30. The van der Waals surface area contributed by atoms with E-state index in [-0.39, 0.29) is 10.6 Å². The van der Waals surface area contributed by atoms with Crippen molar-refractivity contribution in [2.45, 2.75) is 4.90 Å². The van der Waals surface area contributed by atoms with Gasteiger partial charge in [0.2, 0.25) is 0 Å². The van der Waals surface area contributed by atoms with E-state index in [9.17, 15) is 12.8 Å². The van der Waals surface area contributed by atoms with Crippen LogP contribution in [0.3, 0.4) is 0 Å². The molecule has 0 aliphatic rings. The molecular weight excluding hydrogens is 355 g/mol. The Labute approximate surface area is 149 Å².